The summed E-state index contributed by atoms with van der Waals surface area (Å²) in [5, 5.41) is 0. The average Bonchev–Trinajstić information content (AvgIpc) is 1.31. The zero-order valence-corrected chi connectivity index (χ0v) is 2.95. The first-order chi connectivity index (χ1) is 2.94. The van der Waals surface area contributed by atoms with E-state index in [0.29, 0.717) is 0 Å². The molecule has 4 heavy (non-hydrogen) atoms. The van der Waals surface area contributed by atoms with Crippen molar-refractivity contribution in [1.29, 1.82) is 0 Å². The Balaban J connectivity index is 3.54. The van der Waals surface area contributed by atoms with Crippen molar-refractivity contribution in [2.75, 3.05) is 21.1 Å². The van der Waals surface area contributed by atoms with Crippen molar-refractivity contribution in [3.8, 4) is 0 Å². The van der Waals surface area contributed by atoms with Crippen molar-refractivity contribution in [2.24, 2.45) is 0 Å². The number of hydrogen-bond acceptors (Lipinski definition) is 1. The molecule has 0 atom stereocenters. The second-order valence-corrected chi connectivity index (χ2v) is 0.894. The summed E-state index contributed by atoms with van der Waals surface area (Å²) in [6.07, 6.45) is 0. The maximum Gasteiger partial charge on any atom is 0.0394 e. The van der Waals surface area contributed by atoms with E-state index in [1.165, 1.54) is 19.0 Å². The lowest BCUT2D eigenvalue weighted by molar-refractivity contribution is 0.505. The fourth-order valence-electron chi connectivity index (χ4n) is 0. The zero-order chi connectivity index (χ0) is 6.08. The Labute approximate surface area is 31.4 Å². The molecule has 0 N–H and O–H groups in total. The van der Waals surface area contributed by atoms with Gasteiger partial charge < -0.3 is 4.90 Å². The van der Waals surface area contributed by atoms with Gasteiger partial charge in [-0.3, -0.25) is 0 Å². The van der Waals surface area contributed by atoms with Crippen molar-refractivity contribution in [2.45, 2.75) is 0 Å². The molecule has 1 nitrogen and oxygen atoms in total. The van der Waals surface area contributed by atoms with E-state index in [1.807, 2.05) is 0 Å². The van der Waals surface area contributed by atoms with Crippen molar-refractivity contribution in [3.05, 3.63) is 0 Å². The summed E-state index contributed by atoms with van der Waals surface area (Å²) in [4.78, 5) is 1.19. The summed E-state index contributed by atoms with van der Waals surface area (Å²) in [5.74, 6) is 0. The summed E-state index contributed by atoms with van der Waals surface area (Å²) in [6.45, 7) is -1.92. The van der Waals surface area contributed by atoms with E-state index in [9.17, 15) is 0 Å². The third-order valence-electron chi connectivity index (χ3n) is 0. The van der Waals surface area contributed by atoms with Crippen LogP contribution >= 0.6 is 0 Å². The SMILES string of the molecule is [2H]C([2H])([2H])N(C)C. The van der Waals surface area contributed by atoms with Gasteiger partial charge >= 0.3 is 0 Å². The smallest absolute Gasteiger partial charge is 0.0394 e. The largest absolute Gasteiger partial charge is 0.312 e. The summed E-state index contributed by atoms with van der Waals surface area (Å²) in [7, 11) is 3.04. The van der Waals surface area contributed by atoms with Crippen molar-refractivity contribution >= 4 is 0 Å². The molecule has 0 rings (SSSR count). The molecule has 0 aliphatic carbocycles. The molecule has 0 fully saturated rings. The van der Waals surface area contributed by atoms with Crippen molar-refractivity contribution in [3.63, 3.8) is 0 Å². The van der Waals surface area contributed by atoms with Crippen LogP contribution < -0.4 is 0 Å². The van der Waals surface area contributed by atoms with Gasteiger partial charge in [0.25, 0.3) is 0 Å². The van der Waals surface area contributed by atoms with Crippen LogP contribution in [0.25, 0.3) is 0 Å². The van der Waals surface area contributed by atoms with Crippen molar-refractivity contribution < 1.29 is 4.11 Å². The Morgan fingerprint density at radius 2 is 2.00 bits per heavy atom. The highest BCUT2D eigenvalue weighted by atomic mass is 15.0. The lowest BCUT2D eigenvalue weighted by Crippen LogP contribution is -1.99. The quantitative estimate of drug-likeness (QED) is 0.387. The number of rotatable bonds is 0. The van der Waals surface area contributed by atoms with Crippen LogP contribution in [-0.4, -0.2) is 26.0 Å². The van der Waals surface area contributed by atoms with Gasteiger partial charge in [-0.05, 0) is 21.1 Å². The molecule has 0 aliphatic heterocycles. The van der Waals surface area contributed by atoms with Gasteiger partial charge in [0.1, 0.15) is 0 Å². The predicted molar refractivity (Wildman–Crippen MR) is 19.6 cm³/mol. The van der Waals surface area contributed by atoms with E-state index in [-0.39, 0.29) is 0 Å². The normalized spacial score (nSPS) is 23.2. The number of nitrogens with zero attached hydrogens (tertiary/aromatic N) is 1. The summed E-state index contributed by atoms with van der Waals surface area (Å²) < 4.78 is 19.9. The fraction of sp³-hybridized carbons (Fsp3) is 1.00. The Hall–Kier alpha value is -0.0400. The molecule has 0 amide bonds. The number of hydrogen-bond donors (Lipinski definition) is 0. The van der Waals surface area contributed by atoms with Gasteiger partial charge in [0, 0.05) is 4.11 Å². The summed E-state index contributed by atoms with van der Waals surface area (Å²) in [5.41, 5.74) is 0. The molecule has 26 valence electrons. The highest BCUT2D eigenvalue weighted by Crippen LogP contribution is 1.47. The molecule has 1 heteroatoms. The molecule has 0 aromatic carbocycles. The third-order valence-corrected chi connectivity index (χ3v) is 0. The summed E-state index contributed by atoms with van der Waals surface area (Å²) in [6, 6.07) is 0. The standard InChI is InChI=1S/C3H9N/c1-4(2)3/h1-3H3/i1D3. The second kappa shape index (κ2) is 1.30. The monoisotopic (exact) mass is 62.1 g/mol. The highest BCUT2D eigenvalue weighted by molar-refractivity contribution is 4.09. The molecule has 0 heterocycles. The topological polar surface area (TPSA) is 3.24 Å². The van der Waals surface area contributed by atoms with Crippen LogP contribution in [-0.2, 0) is 0 Å². The van der Waals surface area contributed by atoms with Crippen LogP contribution in [0.3, 0.4) is 0 Å². The van der Waals surface area contributed by atoms with Crippen LogP contribution in [0.15, 0.2) is 0 Å². The van der Waals surface area contributed by atoms with E-state index < -0.39 is 6.98 Å². The second-order valence-electron chi connectivity index (χ2n) is 0.894. The molecule has 0 unspecified atom stereocenters. The predicted octanol–water partition coefficient (Wildman–Crippen LogP) is 0.178. The molecule has 0 aromatic heterocycles. The lowest BCUT2D eigenvalue weighted by atomic mass is 11.0. The van der Waals surface area contributed by atoms with Crippen molar-refractivity contribution in [1.82, 2.24) is 4.90 Å². The average molecular weight is 62.1 g/mol. The van der Waals surface area contributed by atoms with E-state index in [0.717, 1.165) is 0 Å². The Kier molecular flexibility index (Phi) is 0.317. The van der Waals surface area contributed by atoms with Gasteiger partial charge in [0.15, 0.2) is 0 Å². The molecule has 0 bridgehead atoms. The Bertz CT molecular complexity index is 55.7. The van der Waals surface area contributed by atoms with Crippen LogP contribution in [0.5, 0.6) is 0 Å². The van der Waals surface area contributed by atoms with E-state index in [2.05, 4.69) is 0 Å². The third kappa shape index (κ3) is 1130. The van der Waals surface area contributed by atoms with Gasteiger partial charge in [-0.1, -0.05) is 0 Å². The van der Waals surface area contributed by atoms with Crippen LogP contribution in [0.4, 0.5) is 0 Å². The first-order valence-corrected chi connectivity index (χ1v) is 1.12. The van der Waals surface area contributed by atoms with Gasteiger partial charge in [-0.2, -0.15) is 0 Å². The lowest BCUT2D eigenvalue weighted by Gasteiger charge is -1.90. The molecule has 0 aliphatic rings. The minimum Gasteiger partial charge on any atom is -0.312 e. The van der Waals surface area contributed by atoms with Crippen LogP contribution in [0.1, 0.15) is 4.11 Å². The first-order valence-electron chi connectivity index (χ1n) is 2.62. The zero-order valence-electron chi connectivity index (χ0n) is 5.95. The molecule has 0 radical (unpaired) electrons. The van der Waals surface area contributed by atoms with E-state index in [1.54, 1.807) is 0 Å². The fourth-order valence-corrected chi connectivity index (χ4v) is 0. The Morgan fingerprint density at radius 1 is 1.75 bits per heavy atom. The minimum atomic E-state index is -1.92. The molecule has 0 saturated heterocycles. The molecule has 0 spiro atoms. The van der Waals surface area contributed by atoms with Crippen LogP contribution in [0.2, 0.25) is 0 Å². The van der Waals surface area contributed by atoms with Gasteiger partial charge in [-0.15, -0.1) is 0 Å². The molecule has 0 aromatic rings. The van der Waals surface area contributed by atoms with Gasteiger partial charge in [-0.25, -0.2) is 0 Å². The maximum atomic E-state index is 6.65. The van der Waals surface area contributed by atoms with E-state index in [4.69, 9.17) is 4.11 Å². The first kappa shape index (κ1) is 0.977. The molecular weight excluding hydrogens is 50.0 g/mol. The van der Waals surface area contributed by atoms with Crippen LogP contribution in [0, 0.1) is 0 Å². The highest BCUT2D eigenvalue weighted by Gasteiger charge is 1.58. The minimum absolute atomic E-state index is 1.19. The van der Waals surface area contributed by atoms with Gasteiger partial charge in [0.2, 0.25) is 0 Å². The maximum absolute atomic E-state index is 6.65. The Morgan fingerprint density at radius 3 is 2.00 bits per heavy atom. The van der Waals surface area contributed by atoms with E-state index >= 15 is 0 Å². The molecule has 0 saturated carbocycles. The molecular formula is C3H9N. The van der Waals surface area contributed by atoms with Gasteiger partial charge in [0.05, 0.1) is 0 Å². The summed E-state index contributed by atoms with van der Waals surface area (Å²) >= 11 is 0.